The molecule has 0 spiro atoms. The molecule has 0 amide bonds. The zero-order valence-electron chi connectivity index (χ0n) is 26.2. The number of hydrogen-bond acceptors (Lipinski definition) is 4. The maximum absolute atomic E-state index is 10.0. The van der Waals surface area contributed by atoms with E-state index in [1.807, 2.05) is 30.4 Å². The van der Waals surface area contributed by atoms with Crippen molar-refractivity contribution < 1.29 is 29.6 Å². The predicted octanol–water partition coefficient (Wildman–Crippen LogP) is 6.28. The van der Waals surface area contributed by atoms with Gasteiger partial charge in [-0.05, 0) is 69.9 Å². The first-order chi connectivity index (χ1) is 20.8. The molecule has 214 valence electrons. The van der Waals surface area contributed by atoms with E-state index < -0.39 is 10.8 Å². The van der Waals surface area contributed by atoms with Crippen molar-refractivity contribution in [2.75, 3.05) is 23.8 Å². The van der Waals surface area contributed by atoms with Gasteiger partial charge in [-0.3, -0.25) is 6.58 Å². The van der Waals surface area contributed by atoms with Gasteiger partial charge in [-0.1, -0.05) is 86.3 Å². The fourth-order valence-corrected chi connectivity index (χ4v) is 6.64. The van der Waals surface area contributed by atoms with Gasteiger partial charge in [0.15, 0.2) is 0 Å². The molecule has 4 aromatic carbocycles. The van der Waals surface area contributed by atoms with E-state index in [0.29, 0.717) is 19.4 Å². The molecular formula is C39H37N4Na. The van der Waals surface area contributed by atoms with Gasteiger partial charge in [0, 0.05) is 41.4 Å². The summed E-state index contributed by atoms with van der Waals surface area (Å²) in [5.41, 5.74) is 5.12. The first-order valence-electron chi connectivity index (χ1n) is 14.6. The maximum Gasteiger partial charge on any atom is 1.00 e. The smallest absolute Gasteiger partial charge is 0.502 e. The third-order valence-corrected chi connectivity index (χ3v) is 8.97. The van der Waals surface area contributed by atoms with Crippen LogP contribution in [0.15, 0.2) is 115 Å². The zero-order chi connectivity index (χ0) is 30.6. The number of anilines is 2. The average Bonchev–Trinajstić information content (AvgIpc) is 3.22. The van der Waals surface area contributed by atoms with E-state index in [4.69, 9.17) is 0 Å². The van der Waals surface area contributed by atoms with E-state index in [9.17, 15) is 10.5 Å². The molecule has 1 N–H and O–H groups in total. The van der Waals surface area contributed by atoms with Crippen LogP contribution in [0.5, 0.6) is 0 Å². The number of nitrogens with zero attached hydrogens (tertiary/aromatic N) is 3. The Morgan fingerprint density at radius 1 is 1.00 bits per heavy atom. The summed E-state index contributed by atoms with van der Waals surface area (Å²) in [6.45, 7) is 13.2. The van der Waals surface area contributed by atoms with Crippen LogP contribution in [0.3, 0.4) is 0 Å². The Morgan fingerprint density at radius 2 is 1.66 bits per heavy atom. The van der Waals surface area contributed by atoms with Gasteiger partial charge in [0.25, 0.3) is 0 Å². The summed E-state index contributed by atoms with van der Waals surface area (Å²) in [5.74, 6) is 0. The number of benzene rings is 4. The van der Waals surface area contributed by atoms with E-state index in [1.54, 1.807) is 0 Å². The molecule has 0 aromatic heterocycles. The summed E-state index contributed by atoms with van der Waals surface area (Å²) in [6, 6.07) is 30.1. The summed E-state index contributed by atoms with van der Waals surface area (Å²) in [6.07, 6.45) is 10.4. The molecule has 5 rings (SSSR count). The number of fused-ring (bicyclic) bond motifs is 4. The summed E-state index contributed by atoms with van der Waals surface area (Å²) >= 11 is 0. The Labute approximate surface area is 284 Å². The summed E-state index contributed by atoms with van der Waals surface area (Å²) < 4.78 is 0. The van der Waals surface area contributed by atoms with Crippen molar-refractivity contribution in [3.8, 4) is 12.1 Å². The van der Waals surface area contributed by atoms with Gasteiger partial charge >= 0.3 is 29.6 Å². The van der Waals surface area contributed by atoms with E-state index in [1.165, 1.54) is 16.3 Å². The van der Waals surface area contributed by atoms with Crippen LogP contribution in [0.2, 0.25) is 0 Å². The van der Waals surface area contributed by atoms with Crippen LogP contribution < -0.4 is 39.8 Å². The van der Waals surface area contributed by atoms with Crippen LogP contribution in [-0.4, -0.2) is 13.6 Å². The largest absolute Gasteiger partial charge is 1.00 e. The molecule has 0 aliphatic carbocycles. The van der Waals surface area contributed by atoms with Crippen LogP contribution in [0.1, 0.15) is 44.2 Å². The first-order valence-corrected chi connectivity index (χ1v) is 14.6. The number of nitrogens with one attached hydrogen (secondary N) is 1. The molecule has 0 saturated heterocycles. The van der Waals surface area contributed by atoms with Crippen molar-refractivity contribution in [3.05, 3.63) is 133 Å². The van der Waals surface area contributed by atoms with Gasteiger partial charge < -0.3 is 16.3 Å². The van der Waals surface area contributed by atoms with Crippen molar-refractivity contribution in [2.45, 2.75) is 43.9 Å². The minimum atomic E-state index is -0.651. The third kappa shape index (κ3) is 5.74. The van der Waals surface area contributed by atoms with Crippen molar-refractivity contribution in [1.29, 1.82) is 10.5 Å². The molecule has 0 radical (unpaired) electrons. The fourth-order valence-electron chi connectivity index (χ4n) is 6.64. The molecule has 5 heteroatoms. The Kier molecular flexibility index (Phi) is 10.2. The van der Waals surface area contributed by atoms with E-state index in [2.05, 4.69) is 123 Å². The predicted molar refractivity (Wildman–Crippen MR) is 180 cm³/mol. The first kappa shape index (κ1) is 32.8. The molecule has 1 heterocycles. The van der Waals surface area contributed by atoms with Crippen molar-refractivity contribution >= 4 is 32.9 Å². The van der Waals surface area contributed by atoms with Gasteiger partial charge in [0.1, 0.15) is 0 Å². The number of hydrogen-bond donors (Lipinski definition) is 1. The standard InChI is InChI=1S/C39H37N4.Na/c1-6-7-27-42-33-21-19-29-14-8-10-16-31(29)36(33)38(3,23-25-40)28(2)13-12-18-35-39(4,24-26-41)37-32-17-11-9-15-30(32)20-22-34(37)43(35)5;/h8-22,42H,1-2,7,23-24,27H2,3-5H3;/q-1;+1/b13-12+,35-18+;. The van der Waals surface area contributed by atoms with Crippen LogP contribution in [0.25, 0.3) is 21.5 Å². The van der Waals surface area contributed by atoms with Gasteiger partial charge in [0.05, 0.1) is 18.6 Å². The van der Waals surface area contributed by atoms with Crippen LogP contribution >= 0.6 is 0 Å². The average molecular weight is 585 g/mol. The molecule has 1 aliphatic rings. The molecule has 2 unspecified atom stereocenters. The SMILES string of the molecule is C=[C-]CCNc1ccc2ccccc2c1C(C)(CC#N)C(=C)/C=C/C=C1/N(C)c2ccc3ccccc3c2C1(C)CC#N.[Na+]. The minimum Gasteiger partial charge on any atom is -0.502 e. The topological polar surface area (TPSA) is 62.9 Å². The molecule has 0 saturated carbocycles. The van der Waals surface area contributed by atoms with Crippen LogP contribution in [0, 0.1) is 28.7 Å². The van der Waals surface area contributed by atoms with Gasteiger partial charge in [0.2, 0.25) is 0 Å². The fraction of sp³-hybridized carbons (Fsp3) is 0.231. The molecule has 0 bridgehead atoms. The molecule has 4 nitrogen and oxygen atoms in total. The molecule has 2 atom stereocenters. The molecule has 1 aliphatic heterocycles. The van der Waals surface area contributed by atoms with E-state index in [-0.39, 0.29) is 36.0 Å². The molecule has 0 fully saturated rings. The third-order valence-electron chi connectivity index (χ3n) is 8.97. The summed E-state index contributed by atoms with van der Waals surface area (Å²) in [7, 11) is 2.07. The van der Waals surface area contributed by atoms with Crippen molar-refractivity contribution in [3.63, 3.8) is 0 Å². The Morgan fingerprint density at radius 3 is 2.34 bits per heavy atom. The monoisotopic (exact) mass is 584 g/mol. The Hall–Kier alpha value is -4.06. The molecule has 44 heavy (non-hydrogen) atoms. The number of rotatable bonds is 10. The second-order valence-electron chi connectivity index (χ2n) is 11.6. The van der Waals surface area contributed by atoms with Gasteiger partial charge in [-0.15, -0.1) is 0 Å². The van der Waals surface area contributed by atoms with Crippen LogP contribution in [0.4, 0.5) is 11.4 Å². The summed E-state index contributed by atoms with van der Waals surface area (Å²) in [5, 5.41) is 28.1. The second-order valence-corrected chi connectivity index (χ2v) is 11.6. The second kappa shape index (κ2) is 13.7. The molecule has 4 aromatic rings. The van der Waals surface area contributed by atoms with E-state index in [0.717, 1.165) is 39.0 Å². The van der Waals surface area contributed by atoms with E-state index >= 15 is 0 Å². The van der Waals surface area contributed by atoms with Crippen LogP contribution in [-0.2, 0) is 10.8 Å². The maximum atomic E-state index is 10.0. The number of nitriles is 2. The van der Waals surface area contributed by atoms with Gasteiger partial charge in [-0.25, -0.2) is 0 Å². The quantitative estimate of drug-likeness (QED) is 0.103. The molecular weight excluding hydrogens is 547 g/mol. The summed E-state index contributed by atoms with van der Waals surface area (Å²) in [4.78, 5) is 2.20. The van der Waals surface area contributed by atoms with Gasteiger partial charge in [-0.2, -0.15) is 16.9 Å². The van der Waals surface area contributed by atoms with Crippen molar-refractivity contribution in [2.24, 2.45) is 0 Å². The number of allylic oxidation sites excluding steroid dienone is 5. The Bertz CT molecular complexity index is 1870. The van der Waals surface area contributed by atoms with Crippen molar-refractivity contribution in [1.82, 2.24) is 0 Å². The number of likely N-dealkylation sites (N-methyl/N-ethyl adjacent to an activating group) is 1. The Balaban J connectivity index is 0.00000442. The zero-order valence-corrected chi connectivity index (χ0v) is 28.2. The minimum absolute atomic E-state index is 0. The normalized spacial score (nSPS) is 17.9.